The van der Waals surface area contributed by atoms with Crippen LogP contribution >= 0.6 is 0 Å². The van der Waals surface area contributed by atoms with E-state index in [-0.39, 0.29) is 11.6 Å². The maximum Gasteiger partial charge on any atom is 0.332 e. The van der Waals surface area contributed by atoms with Crippen LogP contribution in [-0.2, 0) is 14.1 Å². The summed E-state index contributed by atoms with van der Waals surface area (Å²) < 4.78 is 2.28. The third kappa shape index (κ3) is 2.16. The van der Waals surface area contributed by atoms with Crippen LogP contribution in [0, 0.1) is 17.2 Å². The molecule has 0 amide bonds. The molecule has 0 aromatic carbocycles. The van der Waals surface area contributed by atoms with E-state index < -0.39 is 11.2 Å². The molecule has 6 nitrogen and oxygen atoms in total. The van der Waals surface area contributed by atoms with Gasteiger partial charge in [-0.05, 0) is 25.7 Å². The highest BCUT2D eigenvalue weighted by Crippen LogP contribution is 2.31. The monoisotopic (exact) mass is 262 g/mol. The second-order valence-corrected chi connectivity index (χ2v) is 5.17. The van der Waals surface area contributed by atoms with Crippen molar-refractivity contribution in [2.75, 3.05) is 5.32 Å². The lowest BCUT2D eigenvalue weighted by Crippen LogP contribution is -2.42. The smallest absolute Gasteiger partial charge is 0.332 e. The number of nitriles is 1. The Morgan fingerprint density at radius 2 is 1.95 bits per heavy atom. The normalized spacial score (nSPS) is 16.5. The van der Waals surface area contributed by atoms with E-state index >= 15 is 0 Å². The van der Waals surface area contributed by atoms with Gasteiger partial charge in [-0.2, -0.15) is 5.26 Å². The van der Waals surface area contributed by atoms with Crippen molar-refractivity contribution in [3.05, 3.63) is 26.4 Å². The summed E-state index contributed by atoms with van der Waals surface area (Å²) >= 11 is 0. The van der Waals surface area contributed by atoms with Crippen molar-refractivity contribution in [2.45, 2.75) is 32.2 Å². The molecule has 1 atom stereocenters. The molecule has 0 saturated heterocycles. The molecule has 1 aromatic rings. The molecule has 1 unspecified atom stereocenters. The number of hydrogen-bond acceptors (Lipinski definition) is 4. The summed E-state index contributed by atoms with van der Waals surface area (Å²) in [5.41, 5.74) is -0.975. The van der Waals surface area contributed by atoms with E-state index in [1.807, 2.05) is 13.0 Å². The molecule has 0 radical (unpaired) electrons. The number of anilines is 1. The predicted molar refractivity (Wildman–Crippen MR) is 72.1 cm³/mol. The molecule has 1 aliphatic rings. The van der Waals surface area contributed by atoms with Gasteiger partial charge in [0.25, 0.3) is 5.56 Å². The first-order chi connectivity index (χ1) is 8.97. The minimum absolute atomic E-state index is 0.00391. The summed E-state index contributed by atoms with van der Waals surface area (Å²) in [6, 6.07) is 2.05. The Morgan fingerprint density at radius 1 is 1.32 bits per heavy atom. The lowest BCUT2D eigenvalue weighted by Gasteiger charge is -2.33. The van der Waals surface area contributed by atoms with Gasteiger partial charge >= 0.3 is 5.69 Å². The summed E-state index contributed by atoms with van der Waals surface area (Å²) in [7, 11) is 2.95. The van der Waals surface area contributed by atoms with Crippen LogP contribution in [0.25, 0.3) is 0 Å². The summed E-state index contributed by atoms with van der Waals surface area (Å²) in [5.74, 6) is 0.876. The molecule has 0 bridgehead atoms. The number of hydrogen-bond donors (Lipinski definition) is 1. The summed E-state index contributed by atoms with van der Waals surface area (Å²) in [4.78, 5) is 23.8. The molecule has 6 heteroatoms. The number of aromatic nitrogens is 2. The first-order valence-electron chi connectivity index (χ1n) is 6.44. The quantitative estimate of drug-likeness (QED) is 0.863. The van der Waals surface area contributed by atoms with Gasteiger partial charge in [-0.15, -0.1) is 0 Å². The zero-order valence-corrected chi connectivity index (χ0v) is 11.4. The fourth-order valence-electron chi connectivity index (χ4n) is 2.39. The molecule has 1 N–H and O–H groups in total. The average Bonchev–Trinajstić information content (AvgIpc) is 2.31. The molecule has 0 aliphatic heterocycles. The number of nitrogens with one attached hydrogen (secondary N) is 1. The van der Waals surface area contributed by atoms with Gasteiger partial charge in [0, 0.05) is 20.1 Å². The average molecular weight is 262 g/mol. The van der Waals surface area contributed by atoms with E-state index in [4.69, 9.17) is 5.26 Å². The lowest BCUT2D eigenvalue weighted by atomic mass is 9.80. The zero-order chi connectivity index (χ0) is 14.2. The first-order valence-corrected chi connectivity index (χ1v) is 6.44. The van der Waals surface area contributed by atoms with Gasteiger partial charge < -0.3 is 5.32 Å². The van der Waals surface area contributed by atoms with Crippen LogP contribution in [0.3, 0.4) is 0 Å². The molecule has 1 fully saturated rings. The Morgan fingerprint density at radius 3 is 2.42 bits per heavy atom. The van der Waals surface area contributed by atoms with Crippen molar-refractivity contribution >= 4 is 5.82 Å². The molecule has 1 aromatic heterocycles. The predicted octanol–water partition coefficient (Wildman–Crippen LogP) is 0.556. The third-order valence-electron chi connectivity index (χ3n) is 4.00. The van der Waals surface area contributed by atoms with Crippen LogP contribution in [0.15, 0.2) is 9.59 Å². The van der Waals surface area contributed by atoms with Crippen LogP contribution in [0.4, 0.5) is 5.82 Å². The van der Waals surface area contributed by atoms with Crippen molar-refractivity contribution in [2.24, 2.45) is 20.0 Å². The van der Waals surface area contributed by atoms with Gasteiger partial charge in [-0.25, -0.2) is 4.79 Å². The molecular weight excluding hydrogens is 244 g/mol. The van der Waals surface area contributed by atoms with Gasteiger partial charge in [-0.1, -0.05) is 6.42 Å². The Balaban J connectivity index is 2.47. The Hall–Kier alpha value is -2.03. The van der Waals surface area contributed by atoms with E-state index in [0.717, 1.165) is 17.4 Å². The number of rotatable bonds is 3. The van der Waals surface area contributed by atoms with Crippen LogP contribution in [0.5, 0.6) is 0 Å². The molecule has 19 heavy (non-hydrogen) atoms. The first kappa shape index (κ1) is 13.4. The third-order valence-corrected chi connectivity index (χ3v) is 4.00. The van der Waals surface area contributed by atoms with Gasteiger partial charge in [0.15, 0.2) is 5.56 Å². The van der Waals surface area contributed by atoms with E-state index in [9.17, 15) is 9.59 Å². The number of nitrogens with zero attached hydrogens (tertiary/aromatic N) is 3. The standard InChI is InChI=1S/C13H18N4O2/c1-8(9-5-4-6-9)15-11-10(7-14)12(18)17(3)13(19)16(11)2/h8-9,15H,4-6H2,1-3H3. The van der Waals surface area contributed by atoms with Gasteiger partial charge in [-0.3, -0.25) is 13.9 Å². The van der Waals surface area contributed by atoms with E-state index in [1.165, 1.54) is 18.0 Å². The van der Waals surface area contributed by atoms with Gasteiger partial charge in [0.05, 0.1) is 0 Å². The highest BCUT2D eigenvalue weighted by molar-refractivity contribution is 5.51. The fourth-order valence-corrected chi connectivity index (χ4v) is 2.39. The van der Waals surface area contributed by atoms with Gasteiger partial charge in [0.1, 0.15) is 11.9 Å². The summed E-state index contributed by atoms with van der Waals surface area (Å²) in [5, 5.41) is 12.3. The van der Waals surface area contributed by atoms with Crippen molar-refractivity contribution < 1.29 is 0 Å². The Labute approximate surface area is 111 Å². The molecule has 0 spiro atoms. The molecule has 1 saturated carbocycles. The minimum atomic E-state index is -0.547. The molecule has 1 heterocycles. The van der Waals surface area contributed by atoms with Crippen LogP contribution in [-0.4, -0.2) is 15.2 Å². The highest BCUT2D eigenvalue weighted by Gasteiger charge is 2.26. The van der Waals surface area contributed by atoms with E-state index in [1.54, 1.807) is 7.05 Å². The minimum Gasteiger partial charge on any atom is -0.367 e. The highest BCUT2D eigenvalue weighted by atomic mass is 16.2. The SMILES string of the molecule is CC(Nc1c(C#N)c(=O)n(C)c(=O)n1C)C1CCC1. The van der Waals surface area contributed by atoms with Crippen LogP contribution in [0.1, 0.15) is 31.7 Å². The molecule has 2 rings (SSSR count). The second-order valence-electron chi connectivity index (χ2n) is 5.17. The van der Waals surface area contributed by atoms with Gasteiger partial charge in [0.2, 0.25) is 0 Å². The second kappa shape index (κ2) is 4.92. The van der Waals surface area contributed by atoms with Crippen molar-refractivity contribution in [1.82, 2.24) is 9.13 Å². The summed E-state index contributed by atoms with van der Waals surface area (Å²) in [6.07, 6.45) is 3.51. The topological polar surface area (TPSA) is 79.8 Å². The summed E-state index contributed by atoms with van der Waals surface area (Å²) in [6.45, 7) is 2.02. The van der Waals surface area contributed by atoms with Crippen LogP contribution < -0.4 is 16.6 Å². The largest absolute Gasteiger partial charge is 0.367 e. The van der Waals surface area contributed by atoms with Crippen molar-refractivity contribution in [3.63, 3.8) is 0 Å². The van der Waals surface area contributed by atoms with Crippen molar-refractivity contribution in [1.29, 1.82) is 5.26 Å². The Kier molecular flexibility index (Phi) is 3.47. The van der Waals surface area contributed by atoms with Crippen molar-refractivity contribution in [3.8, 4) is 6.07 Å². The zero-order valence-electron chi connectivity index (χ0n) is 11.4. The van der Waals surface area contributed by atoms with E-state index in [2.05, 4.69) is 5.32 Å². The molecule has 1 aliphatic carbocycles. The van der Waals surface area contributed by atoms with Crippen LogP contribution in [0.2, 0.25) is 0 Å². The fraction of sp³-hybridized carbons (Fsp3) is 0.615. The molecule has 102 valence electrons. The maximum absolute atomic E-state index is 11.9. The maximum atomic E-state index is 11.9. The molecular formula is C13H18N4O2. The lowest BCUT2D eigenvalue weighted by molar-refractivity contribution is 0.284. The van der Waals surface area contributed by atoms with E-state index in [0.29, 0.717) is 11.7 Å². The Bertz CT molecular complexity index is 646.